The van der Waals surface area contributed by atoms with E-state index in [2.05, 4.69) is 9.71 Å². The summed E-state index contributed by atoms with van der Waals surface area (Å²) in [5.74, 6) is -0.0706. The summed E-state index contributed by atoms with van der Waals surface area (Å²) in [6.07, 6.45) is 10.8. The molecule has 1 aliphatic rings. The van der Waals surface area contributed by atoms with Gasteiger partial charge in [0.2, 0.25) is 21.9 Å². The van der Waals surface area contributed by atoms with Crippen molar-refractivity contribution in [3.63, 3.8) is 0 Å². The van der Waals surface area contributed by atoms with Crippen LogP contribution >= 0.6 is 0 Å². The highest BCUT2D eigenvalue weighted by atomic mass is 32.2. The lowest BCUT2D eigenvalue weighted by Gasteiger charge is -2.09. The molecule has 5 nitrogen and oxygen atoms in total. The zero-order chi connectivity index (χ0) is 16.2. The first-order valence-corrected chi connectivity index (χ1v) is 9.17. The predicted octanol–water partition coefficient (Wildman–Crippen LogP) is 3.19. The molecule has 1 fully saturated rings. The van der Waals surface area contributed by atoms with Gasteiger partial charge in [-0.2, -0.15) is 9.37 Å². The molecule has 1 heterocycles. The second-order valence-electron chi connectivity index (χ2n) is 5.59. The maximum absolute atomic E-state index is 13.8. The third kappa shape index (κ3) is 4.69. The van der Waals surface area contributed by atoms with E-state index in [0.717, 1.165) is 12.7 Å². The van der Waals surface area contributed by atoms with Crippen LogP contribution in [0.15, 0.2) is 12.1 Å². The van der Waals surface area contributed by atoms with Crippen molar-refractivity contribution in [1.29, 1.82) is 0 Å². The molecule has 0 aromatic carbocycles. The molecule has 0 radical (unpaired) electrons. The fourth-order valence-electron chi connectivity index (χ4n) is 2.68. The first-order chi connectivity index (χ1) is 10.4. The van der Waals surface area contributed by atoms with Gasteiger partial charge in [-0.05, 0) is 18.4 Å². The molecule has 1 aromatic rings. The Kier molecular flexibility index (Phi) is 5.39. The summed E-state index contributed by atoms with van der Waals surface area (Å²) in [7, 11) is -2.16. The molecule has 1 saturated carbocycles. The second kappa shape index (κ2) is 7.09. The van der Waals surface area contributed by atoms with Gasteiger partial charge >= 0.3 is 0 Å². The first-order valence-electron chi connectivity index (χ1n) is 7.28. The summed E-state index contributed by atoms with van der Waals surface area (Å²) in [5.41, 5.74) is 0.372. The molecule has 0 aliphatic heterocycles. The van der Waals surface area contributed by atoms with Crippen LogP contribution in [-0.2, 0) is 10.0 Å². The number of anilines is 1. The molecule has 2 rings (SSSR count). The minimum Gasteiger partial charge on any atom is -0.480 e. The average molecular weight is 328 g/mol. The quantitative estimate of drug-likeness (QED) is 0.814. The van der Waals surface area contributed by atoms with Gasteiger partial charge in [-0.3, -0.25) is 4.72 Å². The largest absolute Gasteiger partial charge is 0.480 e. The molecule has 0 unspecified atom stereocenters. The number of hydrogen-bond donors (Lipinski definition) is 1. The van der Waals surface area contributed by atoms with E-state index in [9.17, 15) is 12.8 Å². The standard InChI is InChI=1S/C15H21FN2O3S/c1-21-15-12(9-5-8-11-6-3-4-7-11)10-13(14(16)17-15)18-22(2,19)20/h5,9-11,18H,3-4,6-8H2,1-2H3. The molecule has 1 aromatic heterocycles. The molecule has 1 aliphatic carbocycles. The van der Waals surface area contributed by atoms with Crippen LogP contribution in [-0.4, -0.2) is 26.8 Å². The van der Waals surface area contributed by atoms with E-state index < -0.39 is 16.0 Å². The molecular formula is C15H21FN2O3S. The summed E-state index contributed by atoms with van der Waals surface area (Å²) in [6, 6.07) is 1.40. The average Bonchev–Trinajstić information content (AvgIpc) is 2.93. The molecule has 1 N–H and O–H groups in total. The van der Waals surface area contributed by atoms with E-state index in [1.807, 2.05) is 6.08 Å². The highest BCUT2D eigenvalue weighted by molar-refractivity contribution is 7.92. The van der Waals surface area contributed by atoms with E-state index in [1.54, 1.807) is 6.08 Å². The number of methoxy groups -OCH3 is 1. The second-order valence-corrected chi connectivity index (χ2v) is 7.34. The Balaban J connectivity index is 2.20. The van der Waals surface area contributed by atoms with E-state index in [4.69, 9.17) is 4.74 Å². The molecule has 0 bridgehead atoms. The Bertz CT molecular complexity index is 653. The molecule has 0 amide bonds. The Morgan fingerprint density at radius 1 is 1.45 bits per heavy atom. The number of allylic oxidation sites excluding steroid dienone is 1. The van der Waals surface area contributed by atoms with Crippen LogP contribution in [0.25, 0.3) is 6.08 Å². The number of hydrogen-bond acceptors (Lipinski definition) is 4. The van der Waals surface area contributed by atoms with Crippen molar-refractivity contribution in [2.45, 2.75) is 32.1 Å². The Labute approximate surface area is 130 Å². The third-order valence-corrected chi connectivity index (χ3v) is 4.29. The van der Waals surface area contributed by atoms with E-state index in [-0.39, 0.29) is 11.6 Å². The minimum atomic E-state index is -3.56. The zero-order valence-electron chi connectivity index (χ0n) is 12.8. The number of nitrogens with one attached hydrogen (secondary N) is 1. The van der Waals surface area contributed by atoms with Gasteiger partial charge in [0.05, 0.1) is 13.4 Å². The van der Waals surface area contributed by atoms with Crippen molar-refractivity contribution in [2.75, 3.05) is 18.1 Å². The summed E-state index contributed by atoms with van der Waals surface area (Å²) in [4.78, 5) is 3.66. The van der Waals surface area contributed by atoms with E-state index >= 15 is 0 Å². The maximum atomic E-state index is 13.8. The highest BCUT2D eigenvalue weighted by Crippen LogP contribution is 2.29. The highest BCUT2D eigenvalue weighted by Gasteiger charge is 2.15. The molecule has 7 heteroatoms. The van der Waals surface area contributed by atoms with Crippen molar-refractivity contribution < 1.29 is 17.5 Å². The smallest absolute Gasteiger partial charge is 0.240 e. The normalized spacial score (nSPS) is 16.3. The van der Waals surface area contributed by atoms with Gasteiger partial charge in [0.15, 0.2) is 0 Å². The summed E-state index contributed by atoms with van der Waals surface area (Å²) >= 11 is 0. The summed E-state index contributed by atoms with van der Waals surface area (Å²) < 4.78 is 43.4. The van der Waals surface area contributed by atoms with Gasteiger partial charge in [-0.15, -0.1) is 0 Å². The summed E-state index contributed by atoms with van der Waals surface area (Å²) in [6.45, 7) is 0. The van der Waals surface area contributed by atoms with Crippen molar-refractivity contribution in [2.24, 2.45) is 5.92 Å². The SMILES string of the molecule is COc1nc(F)c(NS(C)(=O)=O)cc1C=CCC1CCCC1. The molecule has 0 spiro atoms. The van der Waals surface area contributed by atoms with Crippen LogP contribution in [0.3, 0.4) is 0 Å². The van der Waals surface area contributed by atoms with E-state index in [0.29, 0.717) is 11.5 Å². The van der Waals surface area contributed by atoms with Gasteiger partial charge in [0, 0.05) is 5.56 Å². The molecule has 0 saturated heterocycles. The monoisotopic (exact) mass is 328 g/mol. The molecule has 0 atom stereocenters. The Morgan fingerprint density at radius 2 is 2.14 bits per heavy atom. The number of sulfonamides is 1. The Hall–Kier alpha value is -1.63. The van der Waals surface area contributed by atoms with Gasteiger partial charge in [-0.25, -0.2) is 8.42 Å². The first kappa shape index (κ1) is 16.7. The summed E-state index contributed by atoms with van der Waals surface area (Å²) in [5, 5.41) is 0. The maximum Gasteiger partial charge on any atom is 0.240 e. The van der Waals surface area contributed by atoms with Crippen LogP contribution in [0.4, 0.5) is 10.1 Å². The van der Waals surface area contributed by atoms with Crippen molar-refractivity contribution in [3.05, 3.63) is 23.7 Å². The van der Waals surface area contributed by atoms with Crippen molar-refractivity contribution in [3.8, 4) is 5.88 Å². The lowest BCUT2D eigenvalue weighted by atomic mass is 10.0. The number of ether oxygens (including phenoxy) is 1. The number of pyridine rings is 1. The van der Waals surface area contributed by atoms with Crippen LogP contribution < -0.4 is 9.46 Å². The number of aromatic nitrogens is 1. The fraction of sp³-hybridized carbons (Fsp3) is 0.533. The number of halogens is 1. The van der Waals surface area contributed by atoms with Crippen LogP contribution in [0.1, 0.15) is 37.7 Å². The third-order valence-electron chi connectivity index (χ3n) is 3.70. The van der Waals surface area contributed by atoms with Crippen molar-refractivity contribution in [1.82, 2.24) is 4.98 Å². The van der Waals surface area contributed by atoms with Crippen LogP contribution in [0.5, 0.6) is 5.88 Å². The van der Waals surface area contributed by atoms with E-state index in [1.165, 1.54) is 38.9 Å². The predicted molar refractivity (Wildman–Crippen MR) is 84.8 cm³/mol. The number of nitrogens with zero attached hydrogens (tertiary/aromatic N) is 1. The lowest BCUT2D eigenvalue weighted by molar-refractivity contribution is 0.387. The minimum absolute atomic E-state index is 0.138. The topological polar surface area (TPSA) is 68.3 Å². The Morgan fingerprint density at radius 3 is 2.73 bits per heavy atom. The molecular weight excluding hydrogens is 307 g/mol. The lowest BCUT2D eigenvalue weighted by Crippen LogP contribution is -2.12. The van der Waals surface area contributed by atoms with Crippen LogP contribution in [0, 0.1) is 11.9 Å². The molecule has 122 valence electrons. The van der Waals surface area contributed by atoms with Crippen LogP contribution in [0.2, 0.25) is 0 Å². The van der Waals surface area contributed by atoms with Gasteiger partial charge in [-0.1, -0.05) is 37.8 Å². The van der Waals surface area contributed by atoms with Gasteiger partial charge < -0.3 is 4.74 Å². The zero-order valence-corrected chi connectivity index (χ0v) is 13.6. The van der Waals surface area contributed by atoms with Crippen molar-refractivity contribution >= 4 is 21.8 Å². The fourth-order valence-corrected chi connectivity index (χ4v) is 3.22. The number of rotatable bonds is 6. The van der Waals surface area contributed by atoms with Gasteiger partial charge in [0.25, 0.3) is 0 Å². The molecule has 22 heavy (non-hydrogen) atoms. The van der Waals surface area contributed by atoms with Gasteiger partial charge in [0.1, 0.15) is 5.69 Å².